The minimum atomic E-state index is -0.597. The summed E-state index contributed by atoms with van der Waals surface area (Å²) in [6.45, 7) is 2.73. The van der Waals surface area contributed by atoms with Gasteiger partial charge in [-0.2, -0.15) is 0 Å². The summed E-state index contributed by atoms with van der Waals surface area (Å²) in [6, 6.07) is 15.7. The number of aliphatic hydroxyl groups is 1. The number of rotatable bonds is 4. The van der Waals surface area contributed by atoms with E-state index in [9.17, 15) is 5.11 Å². The van der Waals surface area contributed by atoms with Gasteiger partial charge in [0.15, 0.2) is 0 Å². The predicted octanol–water partition coefficient (Wildman–Crippen LogP) is 3.59. The zero-order chi connectivity index (χ0) is 13.8. The molecule has 0 bridgehead atoms. The van der Waals surface area contributed by atoms with Crippen LogP contribution in [0.3, 0.4) is 0 Å². The van der Waals surface area contributed by atoms with Crippen molar-refractivity contribution < 1.29 is 5.11 Å². The monoisotopic (exact) mass is 319 g/mol. The second kappa shape index (κ2) is 6.33. The summed E-state index contributed by atoms with van der Waals surface area (Å²) in [4.78, 5) is 0. The van der Waals surface area contributed by atoms with Crippen molar-refractivity contribution in [3.8, 4) is 0 Å². The Labute approximate surface area is 122 Å². The summed E-state index contributed by atoms with van der Waals surface area (Å²) in [7, 11) is 0. The van der Waals surface area contributed by atoms with Crippen molar-refractivity contribution in [2.75, 3.05) is 6.54 Å². The van der Waals surface area contributed by atoms with Crippen molar-refractivity contribution in [3.05, 3.63) is 69.7 Å². The molecule has 0 aliphatic heterocycles. The Morgan fingerprint density at radius 3 is 2.26 bits per heavy atom. The Balaban J connectivity index is 2.22. The maximum Gasteiger partial charge on any atom is 0.104 e. The first kappa shape index (κ1) is 14.3. The average molecular weight is 320 g/mol. The molecule has 0 aromatic heterocycles. The SMILES string of the molecule is CC(CN)c1ccc(C(O)c2cccc(Br)c2)cc1. The van der Waals surface area contributed by atoms with Crippen LogP contribution in [0.1, 0.15) is 35.6 Å². The van der Waals surface area contributed by atoms with E-state index >= 15 is 0 Å². The molecule has 2 atom stereocenters. The molecule has 3 heteroatoms. The van der Waals surface area contributed by atoms with E-state index < -0.39 is 6.10 Å². The number of aliphatic hydroxyl groups excluding tert-OH is 1. The van der Waals surface area contributed by atoms with Crippen molar-refractivity contribution >= 4 is 15.9 Å². The first-order valence-electron chi connectivity index (χ1n) is 6.35. The highest BCUT2D eigenvalue weighted by Crippen LogP contribution is 2.25. The summed E-state index contributed by atoms with van der Waals surface area (Å²) in [5.74, 6) is 0.345. The van der Waals surface area contributed by atoms with Gasteiger partial charge in [0, 0.05) is 4.47 Å². The fourth-order valence-corrected chi connectivity index (χ4v) is 2.43. The van der Waals surface area contributed by atoms with E-state index in [2.05, 4.69) is 22.9 Å². The van der Waals surface area contributed by atoms with Crippen LogP contribution in [0.5, 0.6) is 0 Å². The molecule has 3 N–H and O–H groups in total. The molecule has 2 rings (SSSR count). The normalized spacial score (nSPS) is 14.1. The number of nitrogens with two attached hydrogens (primary N) is 1. The van der Waals surface area contributed by atoms with Gasteiger partial charge in [-0.05, 0) is 41.3 Å². The van der Waals surface area contributed by atoms with Crippen LogP contribution < -0.4 is 5.73 Å². The van der Waals surface area contributed by atoms with Gasteiger partial charge in [0.2, 0.25) is 0 Å². The van der Waals surface area contributed by atoms with Crippen LogP contribution in [-0.2, 0) is 0 Å². The first-order chi connectivity index (χ1) is 9.11. The minimum absolute atomic E-state index is 0.345. The van der Waals surface area contributed by atoms with Gasteiger partial charge in [-0.25, -0.2) is 0 Å². The second-order valence-electron chi connectivity index (χ2n) is 4.76. The molecule has 0 spiro atoms. The smallest absolute Gasteiger partial charge is 0.104 e. The minimum Gasteiger partial charge on any atom is -0.384 e. The zero-order valence-corrected chi connectivity index (χ0v) is 12.5. The molecule has 2 unspecified atom stereocenters. The lowest BCUT2D eigenvalue weighted by atomic mass is 9.96. The topological polar surface area (TPSA) is 46.2 Å². The molecule has 0 fully saturated rings. The third kappa shape index (κ3) is 3.44. The zero-order valence-electron chi connectivity index (χ0n) is 10.9. The molecular formula is C16H18BrNO. The molecule has 0 aliphatic rings. The van der Waals surface area contributed by atoms with Crippen LogP contribution in [0.4, 0.5) is 0 Å². The van der Waals surface area contributed by atoms with E-state index in [1.807, 2.05) is 48.5 Å². The lowest BCUT2D eigenvalue weighted by molar-refractivity contribution is 0.220. The molecule has 19 heavy (non-hydrogen) atoms. The predicted molar refractivity (Wildman–Crippen MR) is 82.1 cm³/mol. The summed E-state index contributed by atoms with van der Waals surface area (Å²) in [6.07, 6.45) is -0.597. The van der Waals surface area contributed by atoms with Crippen molar-refractivity contribution in [2.45, 2.75) is 18.9 Å². The van der Waals surface area contributed by atoms with Crippen LogP contribution in [0.2, 0.25) is 0 Å². The Kier molecular flexibility index (Phi) is 4.75. The maximum atomic E-state index is 10.4. The van der Waals surface area contributed by atoms with Gasteiger partial charge in [-0.3, -0.25) is 0 Å². The summed E-state index contributed by atoms with van der Waals surface area (Å²) < 4.78 is 0.970. The molecule has 0 saturated carbocycles. The highest BCUT2D eigenvalue weighted by Gasteiger charge is 2.11. The molecule has 0 radical (unpaired) electrons. The second-order valence-corrected chi connectivity index (χ2v) is 5.68. The Bertz CT molecular complexity index is 539. The molecule has 0 amide bonds. The summed E-state index contributed by atoms with van der Waals surface area (Å²) in [5, 5.41) is 10.4. The van der Waals surface area contributed by atoms with Crippen LogP contribution in [0.15, 0.2) is 53.0 Å². The van der Waals surface area contributed by atoms with Crippen molar-refractivity contribution in [1.82, 2.24) is 0 Å². The van der Waals surface area contributed by atoms with Crippen LogP contribution in [-0.4, -0.2) is 11.7 Å². The number of hydrogen-bond donors (Lipinski definition) is 2. The number of hydrogen-bond acceptors (Lipinski definition) is 2. The highest BCUT2D eigenvalue weighted by atomic mass is 79.9. The lowest BCUT2D eigenvalue weighted by Crippen LogP contribution is -2.09. The molecule has 100 valence electrons. The number of halogens is 1. The molecule has 2 aromatic carbocycles. The Morgan fingerprint density at radius 2 is 1.68 bits per heavy atom. The van der Waals surface area contributed by atoms with E-state index in [1.165, 1.54) is 5.56 Å². The van der Waals surface area contributed by atoms with E-state index in [0.29, 0.717) is 12.5 Å². The van der Waals surface area contributed by atoms with Crippen molar-refractivity contribution in [1.29, 1.82) is 0 Å². The molecule has 0 saturated heterocycles. The molecular weight excluding hydrogens is 302 g/mol. The largest absolute Gasteiger partial charge is 0.384 e. The summed E-state index contributed by atoms with van der Waals surface area (Å²) in [5.41, 5.74) is 8.63. The van der Waals surface area contributed by atoms with Gasteiger partial charge < -0.3 is 10.8 Å². The van der Waals surface area contributed by atoms with Crippen molar-refractivity contribution in [3.63, 3.8) is 0 Å². The van der Waals surface area contributed by atoms with Crippen LogP contribution in [0, 0.1) is 0 Å². The van der Waals surface area contributed by atoms with Gasteiger partial charge >= 0.3 is 0 Å². The van der Waals surface area contributed by atoms with Gasteiger partial charge in [0.25, 0.3) is 0 Å². The van der Waals surface area contributed by atoms with Crippen LogP contribution >= 0.6 is 15.9 Å². The molecule has 0 aliphatic carbocycles. The molecule has 0 heterocycles. The summed E-state index contributed by atoms with van der Waals surface area (Å²) >= 11 is 3.42. The van der Waals surface area contributed by atoms with Gasteiger partial charge in [-0.15, -0.1) is 0 Å². The van der Waals surface area contributed by atoms with E-state index in [4.69, 9.17) is 5.73 Å². The van der Waals surface area contributed by atoms with E-state index in [1.54, 1.807) is 0 Å². The first-order valence-corrected chi connectivity index (χ1v) is 7.14. The van der Waals surface area contributed by atoms with E-state index in [-0.39, 0.29) is 0 Å². The Morgan fingerprint density at radius 1 is 1.05 bits per heavy atom. The quantitative estimate of drug-likeness (QED) is 0.904. The van der Waals surface area contributed by atoms with Gasteiger partial charge in [0.05, 0.1) is 0 Å². The maximum absolute atomic E-state index is 10.4. The third-order valence-electron chi connectivity index (χ3n) is 3.34. The fraction of sp³-hybridized carbons (Fsp3) is 0.250. The third-order valence-corrected chi connectivity index (χ3v) is 3.83. The fourth-order valence-electron chi connectivity index (χ4n) is 2.01. The van der Waals surface area contributed by atoms with Crippen molar-refractivity contribution in [2.24, 2.45) is 5.73 Å². The van der Waals surface area contributed by atoms with E-state index in [0.717, 1.165) is 15.6 Å². The standard InChI is InChI=1S/C16H18BrNO/c1-11(10-18)12-5-7-13(8-6-12)16(19)14-3-2-4-15(17)9-14/h2-9,11,16,19H,10,18H2,1H3. The molecule has 2 aromatic rings. The van der Waals surface area contributed by atoms with Crippen LogP contribution in [0.25, 0.3) is 0 Å². The Hall–Kier alpha value is -1.16. The molecule has 2 nitrogen and oxygen atoms in total. The van der Waals surface area contributed by atoms with Gasteiger partial charge in [0.1, 0.15) is 6.10 Å². The highest BCUT2D eigenvalue weighted by molar-refractivity contribution is 9.10. The number of benzene rings is 2. The average Bonchev–Trinajstić information content (AvgIpc) is 2.46. The van der Waals surface area contributed by atoms with Gasteiger partial charge in [-0.1, -0.05) is 59.3 Å². The lowest BCUT2D eigenvalue weighted by Gasteiger charge is -2.14.